The summed E-state index contributed by atoms with van der Waals surface area (Å²) in [7, 11) is 0. The van der Waals surface area contributed by atoms with E-state index in [0.29, 0.717) is 17.9 Å². The Labute approximate surface area is 388 Å². The third-order valence-corrected chi connectivity index (χ3v) is 14.3. The van der Waals surface area contributed by atoms with Gasteiger partial charge in [0, 0.05) is 40.4 Å². The minimum atomic E-state index is 0.429. The average molecular weight is 847 g/mol. The third kappa shape index (κ3) is 7.35. The topological polar surface area (TPSA) is 6.48 Å². The summed E-state index contributed by atoms with van der Waals surface area (Å²) in [6.45, 7) is 0. The van der Waals surface area contributed by atoms with Gasteiger partial charge in [0.2, 0.25) is 0 Å². The molecule has 0 N–H and O–H groups in total. The summed E-state index contributed by atoms with van der Waals surface area (Å²) in [5.41, 5.74) is 18.9. The largest absolute Gasteiger partial charge is 0.337 e. The van der Waals surface area contributed by atoms with Crippen LogP contribution in [0.2, 0.25) is 0 Å². The van der Waals surface area contributed by atoms with E-state index >= 15 is 0 Å². The lowest BCUT2D eigenvalue weighted by Crippen LogP contribution is -2.34. The summed E-state index contributed by atoms with van der Waals surface area (Å²) >= 11 is 0. The molecule has 1 aliphatic carbocycles. The molecule has 1 fully saturated rings. The maximum atomic E-state index is 2.66. The van der Waals surface area contributed by atoms with Crippen LogP contribution in [-0.2, 0) is 0 Å². The minimum Gasteiger partial charge on any atom is -0.337 e. The molecule has 2 aliphatic rings. The first-order valence-electron chi connectivity index (χ1n) is 23.5. The summed E-state index contributed by atoms with van der Waals surface area (Å²) in [5, 5.41) is 2.70. The van der Waals surface area contributed by atoms with Crippen molar-refractivity contribution in [3.63, 3.8) is 0 Å². The van der Waals surface area contributed by atoms with Gasteiger partial charge in [-0.1, -0.05) is 194 Å². The Balaban J connectivity index is 0.874. The van der Waals surface area contributed by atoms with E-state index in [4.69, 9.17) is 0 Å². The van der Waals surface area contributed by atoms with Crippen LogP contribution < -0.4 is 9.80 Å². The molecule has 66 heavy (non-hydrogen) atoms. The number of para-hydroxylation sites is 1. The second-order valence-electron chi connectivity index (χ2n) is 18.0. The lowest BCUT2D eigenvalue weighted by Gasteiger charge is -2.38. The Kier molecular flexibility index (Phi) is 10.3. The first kappa shape index (κ1) is 39.6. The summed E-state index contributed by atoms with van der Waals surface area (Å²) in [6, 6.07) is 91.9. The molecule has 10 aromatic rings. The number of hydrogen-bond acceptors (Lipinski definition) is 2. The van der Waals surface area contributed by atoms with E-state index in [1.165, 1.54) is 77.8 Å². The van der Waals surface area contributed by atoms with Crippen LogP contribution in [0, 0.1) is 0 Å². The predicted molar refractivity (Wildman–Crippen MR) is 279 cm³/mol. The van der Waals surface area contributed by atoms with Crippen LogP contribution >= 0.6 is 0 Å². The molecule has 0 saturated heterocycles. The van der Waals surface area contributed by atoms with Gasteiger partial charge in [-0.25, -0.2) is 0 Å². The molecule has 1 heterocycles. The first-order valence-corrected chi connectivity index (χ1v) is 23.5. The van der Waals surface area contributed by atoms with Crippen molar-refractivity contribution < 1.29 is 0 Å². The normalized spacial score (nSPS) is 16.4. The number of rotatable bonds is 9. The van der Waals surface area contributed by atoms with Gasteiger partial charge in [-0.2, -0.15) is 0 Å². The molecule has 10 aromatic carbocycles. The monoisotopic (exact) mass is 846 g/mol. The maximum Gasteiger partial charge on any atom is 0.0462 e. The second-order valence-corrected chi connectivity index (χ2v) is 18.0. The Morgan fingerprint density at radius 2 is 0.833 bits per heavy atom. The zero-order valence-corrected chi connectivity index (χ0v) is 36.9. The molecule has 2 nitrogen and oxygen atoms in total. The minimum absolute atomic E-state index is 0.429. The molecule has 2 heteroatoms. The molecule has 12 rings (SSSR count). The molecule has 0 spiro atoms. The van der Waals surface area contributed by atoms with E-state index in [9.17, 15) is 0 Å². The van der Waals surface area contributed by atoms with Crippen LogP contribution in [0.15, 0.2) is 249 Å². The van der Waals surface area contributed by atoms with Crippen molar-refractivity contribution >= 4 is 39.2 Å². The highest BCUT2D eigenvalue weighted by molar-refractivity contribution is 6.00. The van der Waals surface area contributed by atoms with Crippen molar-refractivity contribution in [1.82, 2.24) is 0 Å². The number of benzene rings is 10. The summed E-state index contributed by atoms with van der Waals surface area (Å²) in [4.78, 5) is 5.04. The standard InChI is InChI=1S/C64H50N2/c1-4-15-45(16-5-1)48-29-36-54(37-30-48)65(55-38-31-49(32-39-55)46-17-6-2-7-18-46)56-40-33-50(34-41-56)58-26-13-21-51-22-14-27-59(64(51)58)53-35-42-63-61(44-53)60-25-10-11-28-62(60)66(63)57-24-12-23-52(43-57)47-19-8-3-9-20-47/h1-34,36-41,43,53,61,63H,35,42,44H2. The highest BCUT2D eigenvalue weighted by Crippen LogP contribution is 2.55. The predicted octanol–water partition coefficient (Wildman–Crippen LogP) is 17.5. The van der Waals surface area contributed by atoms with E-state index in [2.05, 4.69) is 259 Å². The lowest BCUT2D eigenvalue weighted by atomic mass is 9.72. The molecular formula is C64H50N2. The van der Waals surface area contributed by atoms with Gasteiger partial charge in [0.1, 0.15) is 0 Å². The van der Waals surface area contributed by atoms with Crippen LogP contribution in [0.5, 0.6) is 0 Å². The number of nitrogens with zero attached hydrogens (tertiary/aromatic N) is 2. The maximum absolute atomic E-state index is 2.66. The highest BCUT2D eigenvalue weighted by Gasteiger charge is 2.43. The van der Waals surface area contributed by atoms with Crippen LogP contribution in [-0.4, -0.2) is 6.04 Å². The number of anilines is 5. The number of fused-ring (bicyclic) bond motifs is 4. The Bertz CT molecular complexity index is 3180. The van der Waals surface area contributed by atoms with Gasteiger partial charge in [0.15, 0.2) is 0 Å². The van der Waals surface area contributed by atoms with Crippen molar-refractivity contribution in [2.75, 3.05) is 9.80 Å². The van der Waals surface area contributed by atoms with Crippen molar-refractivity contribution in [2.24, 2.45) is 0 Å². The molecule has 1 saturated carbocycles. The fourth-order valence-corrected chi connectivity index (χ4v) is 11.1. The quantitative estimate of drug-likeness (QED) is 0.143. The molecule has 0 bridgehead atoms. The van der Waals surface area contributed by atoms with Gasteiger partial charge >= 0.3 is 0 Å². The molecule has 3 unspecified atom stereocenters. The smallest absolute Gasteiger partial charge is 0.0462 e. The van der Waals surface area contributed by atoms with Crippen molar-refractivity contribution in [3.8, 4) is 44.5 Å². The Morgan fingerprint density at radius 3 is 1.44 bits per heavy atom. The highest BCUT2D eigenvalue weighted by atomic mass is 15.2. The SMILES string of the molecule is c1ccc(-c2ccc(N(c3ccc(-c4ccccc4)cc3)c3ccc(-c4cccc5cccc(C6CCC7C(C6)c6ccccc6N7c6cccc(-c7ccccc7)c6)c45)cc3)cc2)cc1. The summed E-state index contributed by atoms with van der Waals surface area (Å²) in [6.07, 6.45) is 3.42. The van der Waals surface area contributed by atoms with E-state index in [1.54, 1.807) is 0 Å². The van der Waals surface area contributed by atoms with Gasteiger partial charge in [0.05, 0.1) is 0 Å². The van der Waals surface area contributed by atoms with Crippen LogP contribution in [0.1, 0.15) is 42.2 Å². The Hall–Kier alpha value is -7.94. The van der Waals surface area contributed by atoms with Crippen molar-refractivity contribution in [3.05, 3.63) is 260 Å². The van der Waals surface area contributed by atoms with Gasteiger partial charge in [-0.15, -0.1) is 0 Å². The molecule has 316 valence electrons. The van der Waals surface area contributed by atoms with Gasteiger partial charge < -0.3 is 9.80 Å². The first-order chi connectivity index (χ1) is 32.7. The fourth-order valence-electron chi connectivity index (χ4n) is 11.1. The third-order valence-electron chi connectivity index (χ3n) is 14.3. The number of hydrogen-bond donors (Lipinski definition) is 0. The van der Waals surface area contributed by atoms with Crippen LogP contribution in [0.4, 0.5) is 28.4 Å². The summed E-state index contributed by atoms with van der Waals surface area (Å²) < 4.78 is 0. The molecule has 0 amide bonds. The van der Waals surface area contributed by atoms with E-state index in [0.717, 1.165) is 36.3 Å². The zero-order valence-electron chi connectivity index (χ0n) is 36.9. The second kappa shape index (κ2) is 17.2. The van der Waals surface area contributed by atoms with E-state index in [-0.39, 0.29) is 0 Å². The lowest BCUT2D eigenvalue weighted by molar-refractivity contribution is 0.362. The van der Waals surface area contributed by atoms with Gasteiger partial charge in [-0.05, 0) is 146 Å². The van der Waals surface area contributed by atoms with Crippen molar-refractivity contribution in [2.45, 2.75) is 37.1 Å². The molecule has 0 radical (unpaired) electrons. The van der Waals surface area contributed by atoms with E-state index < -0.39 is 0 Å². The van der Waals surface area contributed by atoms with Gasteiger partial charge in [0.25, 0.3) is 0 Å². The molecule has 1 aliphatic heterocycles. The van der Waals surface area contributed by atoms with Gasteiger partial charge in [-0.3, -0.25) is 0 Å². The summed E-state index contributed by atoms with van der Waals surface area (Å²) in [5.74, 6) is 0.906. The zero-order chi connectivity index (χ0) is 43.8. The van der Waals surface area contributed by atoms with Crippen LogP contribution in [0.25, 0.3) is 55.3 Å². The fraction of sp³-hybridized carbons (Fsp3) is 0.0938. The molecular weight excluding hydrogens is 797 g/mol. The molecule has 0 aromatic heterocycles. The molecule has 3 atom stereocenters. The van der Waals surface area contributed by atoms with Crippen molar-refractivity contribution in [1.29, 1.82) is 0 Å². The average Bonchev–Trinajstić information content (AvgIpc) is 3.73. The Morgan fingerprint density at radius 1 is 0.364 bits per heavy atom. The van der Waals surface area contributed by atoms with Crippen LogP contribution in [0.3, 0.4) is 0 Å². The van der Waals surface area contributed by atoms with E-state index in [1.807, 2.05) is 0 Å².